The standard InChI is InChI=1S/C12H13Cl3N2O3/c1-6-12(19,2-3-20-6)5-17-11(18)10-9(15)8(14)7(13)4-16-10/h4,6,19H,2-3,5H2,1H3,(H,17,18). The molecule has 1 aliphatic heterocycles. The molecule has 0 bridgehead atoms. The number of nitrogens with one attached hydrogen (secondary N) is 1. The lowest BCUT2D eigenvalue weighted by Crippen LogP contribution is -2.47. The van der Waals surface area contributed by atoms with Gasteiger partial charge in [0.2, 0.25) is 0 Å². The Bertz CT molecular complexity index is 541. The second kappa shape index (κ2) is 6.03. The van der Waals surface area contributed by atoms with Gasteiger partial charge in [-0.3, -0.25) is 4.79 Å². The van der Waals surface area contributed by atoms with E-state index >= 15 is 0 Å². The highest BCUT2D eigenvalue weighted by molar-refractivity contribution is 6.48. The minimum Gasteiger partial charge on any atom is -0.385 e. The Morgan fingerprint density at radius 2 is 2.25 bits per heavy atom. The summed E-state index contributed by atoms with van der Waals surface area (Å²) < 4.78 is 5.28. The second-order valence-electron chi connectivity index (χ2n) is 4.63. The molecule has 0 aromatic carbocycles. The lowest BCUT2D eigenvalue weighted by atomic mass is 9.97. The number of amides is 1. The number of pyridine rings is 1. The first-order valence-corrected chi connectivity index (χ1v) is 7.10. The number of aliphatic hydroxyl groups is 1. The van der Waals surface area contributed by atoms with Crippen LogP contribution in [0.15, 0.2) is 6.20 Å². The van der Waals surface area contributed by atoms with Crippen molar-refractivity contribution in [2.75, 3.05) is 13.2 Å². The normalized spacial score (nSPS) is 25.8. The molecular weight excluding hydrogens is 327 g/mol. The van der Waals surface area contributed by atoms with Gasteiger partial charge in [-0.25, -0.2) is 4.98 Å². The first-order valence-electron chi connectivity index (χ1n) is 5.97. The minimum atomic E-state index is -1.08. The van der Waals surface area contributed by atoms with Crippen molar-refractivity contribution >= 4 is 40.7 Å². The van der Waals surface area contributed by atoms with E-state index in [9.17, 15) is 9.90 Å². The first kappa shape index (κ1) is 15.8. The first-order chi connectivity index (χ1) is 9.35. The third-order valence-corrected chi connectivity index (χ3v) is 4.59. The maximum atomic E-state index is 12.0. The number of aromatic nitrogens is 1. The molecule has 2 atom stereocenters. The lowest BCUT2D eigenvalue weighted by Gasteiger charge is -2.26. The van der Waals surface area contributed by atoms with E-state index in [0.717, 1.165) is 0 Å². The Hall–Kier alpha value is -0.590. The Morgan fingerprint density at radius 1 is 1.55 bits per heavy atom. The summed E-state index contributed by atoms with van der Waals surface area (Å²) in [4.78, 5) is 15.9. The highest BCUT2D eigenvalue weighted by atomic mass is 35.5. The fourth-order valence-electron chi connectivity index (χ4n) is 1.92. The maximum Gasteiger partial charge on any atom is 0.271 e. The molecule has 0 spiro atoms. The van der Waals surface area contributed by atoms with Gasteiger partial charge in [0.05, 0.1) is 21.2 Å². The molecule has 2 N–H and O–H groups in total. The van der Waals surface area contributed by atoms with Crippen LogP contribution in [0.5, 0.6) is 0 Å². The van der Waals surface area contributed by atoms with Gasteiger partial charge in [0.1, 0.15) is 11.3 Å². The number of carbonyl (C=O) groups excluding carboxylic acids is 1. The smallest absolute Gasteiger partial charge is 0.271 e. The van der Waals surface area contributed by atoms with Crippen molar-refractivity contribution in [3.05, 3.63) is 27.0 Å². The van der Waals surface area contributed by atoms with E-state index in [0.29, 0.717) is 13.0 Å². The number of hydrogen-bond acceptors (Lipinski definition) is 4. The van der Waals surface area contributed by atoms with Crippen LogP contribution in [0.25, 0.3) is 0 Å². The van der Waals surface area contributed by atoms with Crippen LogP contribution in [-0.2, 0) is 4.74 Å². The topological polar surface area (TPSA) is 71.5 Å². The number of rotatable bonds is 3. The molecule has 1 aromatic rings. The van der Waals surface area contributed by atoms with Crippen molar-refractivity contribution in [3.63, 3.8) is 0 Å². The van der Waals surface area contributed by atoms with Crippen LogP contribution in [0.2, 0.25) is 15.1 Å². The van der Waals surface area contributed by atoms with Crippen molar-refractivity contribution in [2.24, 2.45) is 0 Å². The average Bonchev–Trinajstić information content (AvgIpc) is 2.74. The summed E-state index contributed by atoms with van der Waals surface area (Å²) in [6.07, 6.45) is 1.36. The molecule has 2 rings (SSSR count). The summed E-state index contributed by atoms with van der Waals surface area (Å²) in [6, 6.07) is 0. The molecule has 5 nitrogen and oxygen atoms in total. The van der Waals surface area contributed by atoms with Crippen LogP contribution >= 0.6 is 34.8 Å². The van der Waals surface area contributed by atoms with Gasteiger partial charge < -0.3 is 15.2 Å². The molecule has 0 saturated carbocycles. The summed E-state index contributed by atoms with van der Waals surface area (Å²) in [7, 11) is 0. The van der Waals surface area contributed by atoms with Gasteiger partial charge in [-0.15, -0.1) is 0 Å². The lowest BCUT2D eigenvalue weighted by molar-refractivity contribution is -0.0252. The fraction of sp³-hybridized carbons (Fsp3) is 0.500. The quantitative estimate of drug-likeness (QED) is 0.886. The maximum absolute atomic E-state index is 12.0. The third kappa shape index (κ3) is 3.02. The Kier molecular flexibility index (Phi) is 4.76. The van der Waals surface area contributed by atoms with Crippen molar-refractivity contribution in [1.29, 1.82) is 0 Å². The molecule has 20 heavy (non-hydrogen) atoms. The zero-order valence-electron chi connectivity index (χ0n) is 10.6. The number of halogens is 3. The highest BCUT2D eigenvalue weighted by Gasteiger charge is 2.39. The van der Waals surface area contributed by atoms with Crippen LogP contribution in [-0.4, -0.2) is 40.9 Å². The SMILES string of the molecule is CC1OCCC1(O)CNC(=O)c1ncc(Cl)c(Cl)c1Cl. The van der Waals surface area contributed by atoms with Crippen molar-refractivity contribution < 1.29 is 14.6 Å². The van der Waals surface area contributed by atoms with Crippen LogP contribution in [0, 0.1) is 0 Å². The predicted octanol–water partition coefficient (Wildman–Crippen LogP) is 2.31. The van der Waals surface area contributed by atoms with E-state index in [1.54, 1.807) is 6.92 Å². The largest absolute Gasteiger partial charge is 0.385 e. The Balaban J connectivity index is 2.08. The molecule has 1 aromatic heterocycles. The minimum absolute atomic E-state index is 0.0145. The predicted molar refractivity (Wildman–Crippen MR) is 76.6 cm³/mol. The molecule has 110 valence electrons. The molecule has 8 heteroatoms. The van der Waals surface area contributed by atoms with Gasteiger partial charge in [0.15, 0.2) is 0 Å². The van der Waals surface area contributed by atoms with Gasteiger partial charge in [0.25, 0.3) is 5.91 Å². The summed E-state index contributed by atoms with van der Waals surface area (Å²) in [6.45, 7) is 2.26. The number of nitrogens with zero attached hydrogens (tertiary/aromatic N) is 1. The molecule has 0 aliphatic carbocycles. The van der Waals surface area contributed by atoms with Crippen molar-refractivity contribution in [1.82, 2.24) is 10.3 Å². The zero-order chi connectivity index (χ0) is 14.9. The number of ether oxygens (including phenoxy) is 1. The van der Waals surface area contributed by atoms with E-state index in [-0.39, 0.29) is 33.4 Å². The summed E-state index contributed by atoms with van der Waals surface area (Å²) in [5.41, 5.74) is -1.12. The molecule has 2 unspecified atom stereocenters. The summed E-state index contributed by atoms with van der Waals surface area (Å²) >= 11 is 17.5. The zero-order valence-corrected chi connectivity index (χ0v) is 12.9. The van der Waals surface area contributed by atoms with E-state index < -0.39 is 11.5 Å². The number of carbonyl (C=O) groups is 1. The molecule has 1 amide bonds. The van der Waals surface area contributed by atoms with Gasteiger partial charge in [0, 0.05) is 25.8 Å². The summed E-state index contributed by atoms with van der Waals surface area (Å²) in [5.74, 6) is -0.527. The van der Waals surface area contributed by atoms with Gasteiger partial charge in [-0.1, -0.05) is 34.8 Å². The van der Waals surface area contributed by atoms with E-state index in [1.165, 1.54) is 6.20 Å². The highest BCUT2D eigenvalue weighted by Crippen LogP contribution is 2.31. The van der Waals surface area contributed by atoms with Gasteiger partial charge in [-0.05, 0) is 6.92 Å². The van der Waals surface area contributed by atoms with E-state index in [4.69, 9.17) is 39.5 Å². The van der Waals surface area contributed by atoms with Crippen LogP contribution < -0.4 is 5.32 Å². The molecule has 0 radical (unpaired) electrons. The molecule has 1 aliphatic rings. The van der Waals surface area contributed by atoms with Crippen LogP contribution in [0.3, 0.4) is 0 Å². The van der Waals surface area contributed by atoms with E-state index in [1.807, 2.05) is 0 Å². The van der Waals surface area contributed by atoms with Gasteiger partial charge in [-0.2, -0.15) is 0 Å². The summed E-state index contributed by atoms with van der Waals surface area (Å²) in [5, 5.41) is 13.1. The van der Waals surface area contributed by atoms with Crippen LogP contribution in [0.4, 0.5) is 0 Å². The third-order valence-electron chi connectivity index (χ3n) is 3.35. The molecule has 2 heterocycles. The van der Waals surface area contributed by atoms with Crippen LogP contribution in [0.1, 0.15) is 23.8 Å². The number of hydrogen-bond donors (Lipinski definition) is 2. The Morgan fingerprint density at radius 3 is 2.85 bits per heavy atom. The monoisotopic (exact) mass is 338 g/mol. The second-order valence-corrected chi connectivity index (χ2v) is 5.80. The Labute approximate surface area is 131 Å². The van der Waals surface area contributed by atoms with Crippen molar-refractivity contribution in [3.8, 4) is 0 Å². The van der Waals surface area contributed by atoms with Crippen molar-refractivity contribution in [2.45, 2.75) is 25.0 Å². The fourth-order valence-corrected chi connectivity index (χ4v) is 2.49. The molecule has 1 saturated heterocycles. The molecular formula is C12H13Cl3N2O3. The van der Waals surface area contributed by atoms with E-state index in [2.05, 4.69) is 10.3 Å². The average molecular weight is 340 g/mol. The molecule has 1 fully saturated rings. The van der Waals surface area contributed by atoms with Gasteiger partial charge >= 0.3 is 0 Å².